The van der Waals surface area contributed by atoms with E-state index in [9.17, 15) is 14.4 Å². The Morgan fingerprint density at radius 1 is 0.936 bits per heavy atom. The number of hydrogen-bond donors (Lipinski definition) is 1. The summed E-state index contributed by atoms with van der Waals surface area (Å²) in [5.41, 5.74) is 0.119. The molecule has 1 N–H and O–H groups in total. The van der Waals surface area contributed by atoms with Crippen LogP contribution in [0.1, 0.15) is 49.6 Å². The van der Waals surface area contributed by atoms with Crippen molar-refractivity contribution in [3.05, 3.63) is 129 Å². The molecule has 6 rings (SSSR count). The van der Waals surface area contributed by atoms with E-state index in [1.165, 1.54) is 0 Å². The molecule has 3 heterocycles. The summed E-state index contributed by atoms with van der Waals surface area (Å²) in [6.07, 6.45) is -2.05. The number of carbonyl (C=O) groups is 1. The van der Waals surface area contributed by atoms with E-state index in [1.807, 2.05) is 84.9 Å². The minimum atomic E-state index is -1.19. The average molecular weight is 644 g/mol. The van der Waals surface area contributed by atoms with E-state index in [-0.39, 0.29) is 32.0 Å². The molecule has 2 saturated heterocycles. The zero-order chi connectivity index (χ0) is 33.0. The number of carbonyl (C=O) groups excluding carboxylic acids is 1. The zero-order valence-electron chi connectivity index (χ0n) is 26.4. The number of hydrogen-bond acceptors (Lipinski definition) is 10. The standard InChI is InChI=1S/C35H37N3O9/c1-4-43-29(40)19-20-34(2)46-30-27(45-32(31(30)47-34)38-33(41)37-28(39)21-36-38)22-44-35(23-11-7-5-8-12-23,24-13-9-6-10-14-24)25-15-17-26(42-3)18-16-25/h5-18,21,27,30-32H,4,19-20,22H2,1-3H3,(H,37,39,41)/t27-,30?,31?,32-,34-/m1/s1. The smallest absolute Gasteiger partial charge is 0.347 e. The van der Waals surface area contributed by atoms with Gasteiger partial charge in [0.15, 0.2) is 12.0 Å². The Hall–Kier alpha value is -4.62. The summed E-state index contributed by atoms with van der Waals surface area (Å²) in [6.45, 7) is 3.74. The molecular formula is C35H37N3O9. The number of benzene rings is 3. The lowest BCUT2D eigenvalue weighted by molar-refractivity contribution is -0.220. The largest absolute Gasteiger partial charge is 0.497 e. The third-order valence-electron chi connectivity index (χ3n) is 8.44. The van der Waals surface area contributed by atoms with Crippen molar-refractivity contribution in [2.75, 3.05) is 20.3 Å². The highest BCUT2D eigenvalue weighted by molar-refractivity contribution is 5.69. The van der Waals surface area contributed by atoms with Crippen LogP contribution in [-0.2, 0) is 34.1 Å². The number of fused-ring (bicyclic) bond motifs is 1. The molecule has 1 aromatic heterocycles. The van der Waals surface area contributed by atoms with Crippen LogP contribution in [0.2, 0.25) is 0 Å². The molecule has 0 bridgehead atoms. The Kier molecular flexibility index (Phi) is 9.37. The van der Waals surface area contributed by atoms with Crippen LogP contribution in [0.5, 0.6) is 5.75 Å². The van der Waals surface area contributed by atoms with Gasteiger partial charge in [-0.25, -0.2) is 4.79 Å². The highest BCUT2D eigenvalue weighted by Crippen LogP contribution is 2.46. The molecule has 0 radical (unpaired) electrons. The minimum Gasteiger partial charge on any atom is -0.497 e. The van der Waals surface area contributed by atoms with E-state index < -0.39 is 47.2 Å². The van der Waals surface area contributed by atoms with E-state index in [0.29, 0.717) is 5.75 Å². The SMILES string of the molecule is CCOC(=O)CC[C@@]1(C)OC2C(O1)[C@@H](COC(c1ccccc1)(c1ccccc1)c1ccc(OC)cc1)O[C@H]2n1ncc(=O)[nH]c1=O. The highest BCUT2D eigenvalue weighted by Gasteiger charge is 2.58. The van der Waals surface area contributed by atoms with Crippen LogP contribution in [0.25, 0.3) is 0 Å². The lowest BCUT2D eigenvalue weighted by atomic mass is 9.80. The quantitative estimate of drug-likeness (QED) is 0.180. The molecule has 0 aliphatic carbocycles. The number of methoxy groups -OCH3 is 1. The summed E-state index contributed by atoms with van der Waals surface area (Å²) in [7, 11) is 1.62. The summed E-state index contributed by atoms with van der Waals surface area (Å²) in [4.78, 5) is 39.1. The number of H-pyrrole nitrogens is 1. The summed E-state index contributed by atoms with van der Waals surface area (Å²) < 4.78 is 37.9. The van der Waals surface area contributed by atoms with Gasteiger partial charge in [0.05, 0.1) is 26.7 Å². The fourth-order valence-corrected chi connectivity index (χ4v) is 6.26. The molecule has 12 nitrogen and oxygen atoms in total. The normalized spacial score (nSPS) is 23.7. The maximum absolute atomic E-state index is 12.9. The first-order valence-electron chi connectivity index (χ1n) is 15.5. The summed E-state index contributed by atoms with van der Waals surface area (Å²) in [6, 6.07) is 27.4. The molecule has 246 valence electrons. The zero-order valence-corrected chi connectivity index (χ0v) is 26.4. The Morgan fingerprint density at radius 2 is 1.55 bits per heavy atom. The van der Waals surface area contributed by atoms with Crippen LogP contribution in [0.4, 0.5) is 0 Å². The molecule has 0 spiro atoms. The van der Waals surface area contributed by atoms with Gasteiger partial charge in [-0.05, 0) is 42.7 Å². The average Bonchev–Trinajstić information content (AvgIpc) is 3.60. The topological polar surface area (TPSA) is 140 Å². The number of nitrogens with one attached hydrogen (secondary N) is 1. The number of nitrogens with zero attached hydrogens (tertiary/aromatic N) is 2. The summed E-state index contributed by atoms with van der Waals surface area (Å²) >= 11 is 0. The number of esters is 1. The van der Waals surface area contributed by atoms with E-state index in [4.69, 9.17) is 28.4 Å². The van der Waals surface area contributed by atoms with Crippen LogP contribution in [0.15, 0.2) is 101 Å². The Labute approximate surface area is 271 Å². The molecule has 0 saturated carbocycles. The lowest BCUT2D eigenvalue weighted by Crippen LogP contribution is -2.40. The first-order valence-corrected chi connectivity index (χ1v) is 15.5. The Morgan fingerprint density at radius 3 is 2.15 bits per heavy atom. The number of aromatic nitrogens is 3. The predicted molar refractivity (Wildman–Crippen MR) is 169 cm³/mol. The molecule has 2 aliphatic rings. The predicted octanol–water partition coefficient (Wildman–Crippen LogP) is 3.69. The monoisotopic (exact) mass is 643 g/mol. The van der Waals surface area contributed by atoms with E-state index in [0.717, 1.165) is 27.6 Å². The van der Waals surface area contributed by atoms with Gasteiger partial charge in [0.2, 0.25) is 0 Å². The first kappa shape index (κ1) is 32.3. The van der Waals surface area contributed by atoms with Gasteiger partial charge in [-0.1, -0.05) is 72.8 Å². The van der Waals surface area contributed by atoms with Gasteiger partial charge in [-0.3, -0.25) is 14.6 Å². The van der Waals surface area contributed by atoms with Crippen molar-refractivity contribution < 1.29 is 33.2 Å². The molecule has 0 amide bonds. The van der Waals surface area contributed by atoms with Gasteiger partial charge in [0.25, 0.3) is 5.56 Å². The molecule has 2 fully saturated rings. The number of aromatic amines is 1. The fourth-order valence-electron chi connectivity index (χ4n) is 6.26. The maximum atomic E-state index is 12.9. The first-order chi connectivity index (χ1) is 22.8. The van der Waals surface area contributed by atoms with E-state index in [1.54, 1.807) is 21.0 Å². The molecule has 2 aliphatic heterocycles. The van der Waals surface area contributed by atoms with Crippen molar-refractivity contribution in [3.8, 4) is 5.75 Å². The number of rotatable bonds is 12. The van der Waals surface area contributed by atoms with Gasteiger partial charge in [-0.15, -0.1) is 0 Å². The molecule has 2 unspecified atom stereocenters. The Bertz CT molecular complexity index is 1740. The van der Waals surface area contributed by atoms with Crippen molar-refractivity contribution in [2.24, 2.45) is 0 Å². The van der Waals surface area contributed by atoms with Gasteiger partial charge >= 0.3 is 11.7 Å². The van der Waals surface area contributed by atoms with Gasteiger partial charge in [0.1, 0.15) is 35.9 Å². The molecule has 4 aromatic rings. The van der Waals surface area contributed by atoms with Crippen LogP contribution in [0, 0.1) is 0 Å². The second-order valence-corrected chi connectivity index (χ2v) is 11.5. The molecule has 47 heavy (non-hydrogen) atoms. The van der Waals surface area contributed by atoms with Crippen LogP contribution in [0.3, 0.4) is 0 Å². The van der Waals surface area contributed by atoms with E-state index in [2.05, 4.69) is 10.1 Å². The van der Waals surface area contributed by atoms with Gasteiger partial charge in [-0.2, -0.15) is 9.78 Å². The number of ether oxygens (including phenoxy) is 6. The van der Waals surface area contributed by atoms with Crippen molar-refractivity contribution in [1.29, 1.82) is 0 Å². The summed E-state index contributed by atoms with van der Waals surface area (Å²) in [5.74, 6) is -0.870. The van der Waals surface area contributed by atoms with Crippen molar-refractivity contribution in [2.45, 2.75) is 62.6 Å². The molecule has 12 heteroatoms. The third-order valence-corrected chi connectivity index (χ3v) is 8.44. The lowest BCUT2D eigenvalue weighted by Gasteiger charge is -2.37. The van der Waals surface area contributed by atoms with Crippen LogP contribution in [-0.4, -0.2) is 65.2 Å². The van der Waals surface area contributed by atoms with Gasteiger partial charge < -0.3 is 28.4 Å². The third kappa shape index (κ3) is 6.50. The molecule has 3 aromatic carbocycles. The van der Waals surface area contributed by atoms with Crippen molar-refractivity contribution >= 4 is 5.97 Å². The van der Waals surface area contributed by atoms with Crippen molar-refractivity contribution in [1.82, 2.24) is 14.8 Å². The van der Waals surface area contributed by atoms with Gasteiger partial charge in [0, 0.05) is 6.42 Å². The summed E-state index contributed by atoms with van der Waals surface area (Å²) in [5, 5.41) is 4.04. The van der Waals surface area contributed by atoms with Crippen molar-refractivity contribution in [3.63, 3.8) is 0 Å². The Balaban J connectivity index is 1.38. The van der Waals surface area contributed by atoms with E-state index >= 15 is 0 Å². The maximum Gasteiger partial charge on any atom is 0.347 e. The second kappa shape index (κ2) is 13.6. The minimum absolute atomic E-state index is 0.00288. The second-order valence-electron chi connectivity index (χ2n) is 11.5. The van der Waals surface area contributed by atoms with Crippen LogP contribution >= 0.6 is 0 Å². The molecular weight excluding hydrogens is 606 g/mol. The fraction of sp³-hybridized carbons (Fsp3) is 0.371. The molecule has 5 atom stereocenters. The highest BCUT2D eigenvalue weighted by atomic mass is 16.8. The van der Waals surface area contributed by atoms with Crippen LogP contribution < -0.4 is 16.0 Å².